The molecule has 0 saturated carbocycles. The van der Waals surface area contributed by atoms with Crippen molar-refractivity contribution in [2.24, 2.45) is 0 Å². The minimum Gasteiger partial charge on any atom is -0.387 e. The second kappa shape index (κ2) is 7.35. The Labute approximate surface area is 148 Å². The van der Waals surface area contributed by atoms with Gasteiger partial charge in [-0.3, -0.25) is 9.80 Å². The second-order valence-corrected chi connectivity index (χ2v) is 6.70. The van der Waals surface area contributed by atoms with E-state index in [1.165, 1.54) is 0 Å². The van der Waals surface area contributed by atoms with Gasteiger partial charge in [-0.2, -0.15) is 0 Å². The first-order valence-corrected chi connectivity index (χ1v) is 8.88. The van der Waals surface area contributed by atoms with Crippen LogP contribution in [0.1, 0.15) is 17.4 Å². The van der Waals surface area contributed by atoms with Crippen molar-refractivity contribution in [3.63, 3.8) is 0 Å². The summed E-state index contributed by atoms with van der Waals surface area (Å²) in [6.45, 7) is 5.57. The first-order chi connectivity index (χ1) is 12.3. The van der Waals surface area contributed by atoms with Crippen LogP contribution in [0.15, 0.2) is 60.9 Å². The Morgan fingerprint density at radius 1 is 0.920 bits per heavy atom. The first kappa shape index (κ1) is 16.3. The number of β-amino-alcohol motifs (C(OH)–C–C–N with tert-alkyl or cyclic N) is 1. The average Bonchev–Trinajstić information content (AvgIpc) is 3.06. The Kier molecular flexibility index (Phi) is 4.78. The third-order valence-electron chi connectivity index (χ3n) is 4.88. The summed E-state index contributed by atoms with van der Waals surface area (Å²) in [6, 6.07) is 16.0. The zero-order valence-electron chi connectivity index (χ0n) is 14.3. The van der Waals surface area contributed by atoms with Crippen LogP contribution in [-0.2, 0) is 6.54 Å². The minimum absolute atomic E-state index is 0.411. The third-order valence-corrected chi connectivity index (χ3v) is 4.88. The molecule has 1 aliphatic heterocycles. The summed E-state index contributed by atoms with van der Waals surface area (Å²) >= 11 is 0. The molecule has 4 rings (SSSR count). The molecule has 1 unspecified atom stereocenters. The molecule has 1 atom stereocenters. The highest BCUT2D eigenvalue weighted by Gasteiger charge is 2.20. The molecule has 5 heteroatoms. The quantitative estimate of drug-likeness (QED) is 0.776. The second-order valence-electron chi connectivity index (χ2n) is 6.70. The van der Waals surface area contributed by atoms with Gasteiger partial charge in [0.1, 0.15) is 5.65 Å². The van der Waals surface area contributed by atoms with Crippen LogP contribution in [0.5, 0.6) is 0 Å². The lowest BCUT2D eigenvalue weighted by Crippen LogP contribution is -2.47. The molecule has 0 radical (unpaired) electrons. The number of benzene rings is 1. The highest BCUT2D eigenvalue weighted by atomic mass is 16.3. The maximum Gasteiger partial charge on any atom is 0.137 e. The highest BCUT2D eigenvalue weighted by molar-refractivity contribution is 5.39. The van der Waals surface area contributed by atoms with Crippen LogP contribution in [0.3, 0.4) is 0 Å². The van der Waals surface area contributed by atoms with E-state index in [-0.39, 0.29) is 0 Å². The van der Waals surface area contributed by atoms with Crippen molar-refractivity contribution >= 4 is 5.65 Å². The molecular formula is C20H24N4O. The Balaban J connectivity index is 1.29. The van der Waals surface area contributed by atoms with Crippen LogP contribution in [0.4, 0.5) is 0 Å². The van der Waals surface area contributed by atoms with E-state index in [4.69, 9.17) is 0 Å². The topological polar surface area (TPSA) is 44.0 Å². The van der Waals surface area contributed by atoms with Gasteiger partial charge in [0.15, 0.2) is 0 Å². The fraction of sp³-hybridized carbons (Fsp3) is 0.350. The SMILES string of the molecule is OC(CN1CCN(Cc2cn3ccccc3n2)CC1)c1ccccc1. The van der Waals surface area contributed by atoms with Crippen LogP contribution in [-0.4, -0.2) is 57.0 Å². The van der Waals surface area contributed by atoms with E-state index in [1.54, 1.807) is 0 Å². The fourth-order valence-electron chi connectivity index (χ4n) is 3.45. The summed E-state index contributed by atoms with van der Waals surface area (Å²) in [6.07, 6.45) is 3.74. The number of rotatable bonds is 5. The molecule has 3 heterocycles. The van der Waals surface area contributed by atoms with Crippen molar-refractivity contribution in [1.29, 1.82) is 0 Å². The molecule has 0 bridgehead atoms. The van der Waals surface area contributed by atoms with Crippen LogP contribution in [0, 0.1) is 0 Å². The summed E-state index contributed by atoms with van der Waals surface area (Å²) < 4.78 is 2.07. The Morgan fingerprint density at radius 2 is 1.64 bits per heavy atom. The first-order valence-electron chi connectivity index (χ1n) is 8.88. The molecule has 1 fully saturated rings. The highest BCUT2D eigenvalue weighted by Crippen LogP contribution is 2.16. The molecule has 1 aromatic carbocycles. The summed E-state index contributed by atoms with van der Waals surface area (Å²) in [7, 11) is 0. The molecule has 130 valence electrons. The fourth-order valence-corrected chi connectivity index (χ4v) is 3.45. The van der Waals surface area contributed by atoms with Crippen molar-refractivity contribution < 1.29 is 5.11 Å². The van der Waals surface area contributed by atoms with Crippen molar-refractivity contribution in [2.75, 3.05) is 32.7 Å². The largest absolute Gasteiger partial charge is 0.387 e. The van der Waals surface area contributed by atoms with Crippen molar-refractivity contribution in [3.05, 3.63) is 72.2 Å². The molecule has 0 amide bonds. The van der Waals surface area contributed by atoms with Crippen LogP contribution in [0.25, 0.3) is 5.65 Å². The zero-order valence-corrected chi connectivity index (χ0v) is 14.3. The molecule has 3 aromatic rings. The lowest BCUT2D eigenvalue weighted by molar-refractivity contribution is 0.0697. The smallest absolute Gasteiger partial charge is 0.137 e. The molecule has 25 heavy (non-hydrogen) atoms. The maximum absolute atomic E-state index is 10.4. The van der Waals surface area contributed by atoms with Crippen LogP contribution in [0.2, 0.25) is 0 Å². The number of aliphatic hydroxyl groups excluding tert-OH is 1. The molecule has 1 aliphatic rings. The molecule has 1 saturated heterocycles. The average molecular weight is 336 g/mol. The van der Waals surface area contributed by atoms with Gasteiger partial charge >= 0.3 is 0 Å². The number of aliphatic hydroxyl groups is 1. The number of hydrogen-bond acceptors (Lipinski definition) is 4. The van der Waals surface area contributed by atoms with Gasteiger partial charge in [-0.05, 0) is 17.7 Å². The standard InChI is InChI=1S/C20H24N4O/c25-19(17-6-2-1-3-7-17)16-23-12-10-22(11-13-23)14-18-15-24-9-5-4-8-20(24)21-18/h1-9,15,19,25H,10-14,16H2. The van der Waals surface area contributed by atoms with Gasteiger partial charge in [0.25, 0.3) is 0 Å². The Hall–Kier alpha value is -2.21. The number of aromatic nitrogens is 2. The molecule has 5 nitrogen and oxygen atoms in total. The van der Waals surface area contributed by atoms with Gasteiger partial charge in [0, 0.05) is 51.7 Å². The number of hydrogen-bond donors (Lipinski definition) is 1. The van der Waals surface area contributed by atoms with Crippen molar-refractivity contribution in [1.82, 2.24) is 19.2 Å². The van der Waals surface area contributed by atoms with Crippen LogP contribution >= 0.6 is 0 Å². The van der Waals surface area contributed by atoms with Gasteiger partial charge in [-0.15, -0.1) is 0 Å². The van der Waals surface area contributed by atoms with Crippen molar-refractivity contribution in [2.45, 2.75) is 12.6 Å². The Morgan fingerprint density at radius 3 is 2.40 bits per heavy atom. The molecule has 0 spiro atoms. The monoisotopic (exact) mass is 336 g/mol. The minimum atomic E-state index is -0.411. The van der Waals surface area contributed by atoms with E-state index < -0.39 is 6.10 Å². The predicted molar refractivity (Wildman–Crippen MR) is 98.3 cm³/mol. The number of nitrogens with zero attached hydrogens (tertiary/aromatic N) is 4. The summed E-state index contributed by atoms with van der Waals surface area (Å²) in [5.74, 6) is 0. The van der Waals surface area contributed by atoms with E-state index >= 15 is 0 Å². The van der Waals surface area contributed by atoms with E-state index in [9.17, 15) is 5.11 Å². The summed E-state index contributed by atoms with van der Waals surface area (Å²) in [5.41, 5.74) is 3.11. The van der Waals surface area contributed by atoms with Crippen LogP contribution < -0.4 is 0 Å². The van der Waals surface area contributed by atoms with E-state index in [0.717, 1.165) is 49.6 Å². The van der Waals surface area contributed by atoms with E-state index in [2.05, 4.69) is 25.4 Å². The lowest BCUT2D eigenvalue weighted by atomic mass is 10.1. The molecule has 0 aliphatic carbocycles. The van der Waals surface area contributed by atoms with Gasteiger partial charge in [0.2, 0.25) is 0 Å². The number of pyridine rings is 1. The molecule has 2 aromatic heterocycles. The van der Waals surface area contributed by atoms with Gasteiger partial charge < -0.3 is 9.51 Å². The number of piperazine rings is 1. The third kappa shape index (κ3) is 3.90. The van der Waals surface area contributed by atoms with Crippen molar-refractivity contribution in [3.8, 4) is 0 Å². The van der Waals surface area contributed by atoms with Gasteiger partial charge in [-0.1, -0.05) is 36.4 Å². The predicted octanol–water partition coefficient (Wildman–Crippen LogP) is 2.19. The maximum atomic E-state index is 10.4. The Bertz CT molecular complexity index is 776. The summed E-state index contributed by atoms with van der Waals surface area (Å²) in [4.78, 5) is 9.46. The molecule has 1 N–H and O–H groups in total. The van der Waals surface area contributed by atoms with Gasteiger partial charge in [-0.25, -0.2) is 4.98 Å². The zero-order chi connectivity index (χ0) is 17.1. The van der Waals surface area contributed by atoms with E-state index in [1.807, 2.05) is 54.7 Å². The summed E-state index contributed by atoms with van der Waals surface area (Å²) in [5, 5.41) is 10.4. The number of imidazole rings is 1. The molecular weight excluding hydrogens is 312 g/mol. The lowest BCUT2D eigenvalue weighted by Gasteiger charge is -2.35. The normalized spacial score (nSPS) is 17.8. The van der Waals surface area contributed by atoms with E-state index in [0.29, 0.717) is 6.54 Å². The number of fused-ring (bicyclic) bond motifs is 1. The van der Waals surface area contributed by atoms with Gasteiger partial charge in [0.05, 0.1) is 11.8 Å².